The van der Waals surface area contributed by atoms with Crippen LogP contribution in [0, 0.1) is 5.82 Å². The Bertz CT molecular complexity index is 621. The van der Waals surface area contributed by atoms with E-state index in [0.29, 0.717) is 22.4 Å². The topological polar surface area (TPSA) is 57.9 Å². The number of furan rings is 1. The van der Waals surface area contributed by atoms with Crippen LogP contribution in [0.2, 0.25) is 0 Å². The van der Waals surface area contributed by atoms with Gasteiger partial charge in [0.2, 0.25) is 0 Å². The Morgan fingerprint density at radius 2 is 2.30 bits per heavy atom. The summed E-state index contributed by atoms with van der Waals surface area (Å²) >= 11 is 0. The van der Waals surface area contributed by atoms with Crippen LogP contribution in [0.1, 0.15) is 21.5 Å². The first-order chi connectivity index (χ1) is 9.74. The van der Waals surface area contributed by atoms with Crippen molar-refractivity contribution in [2.75, 3.05) is 6.79 Å². The zero-order chi connectivity index (χ0) is 13.9. The lowest BCUT2D eigenvalue weighted by Gasteiger charge is -2.20. The lowest BCUT2D eigenvalue weighted by Crippen LogP contribution is -2.14. The van der Waals surface area contributed by atoms with Gasteiger partial charge in [0.25, 0.3) is 0 Å². The Kier molecular flexibility index (Phi) is 3.39. The van der Waals surface area contributed by atoms with Crippen molar-refractivity contribution in [3.63, 3.8) is 0 Å². The molecule has 1 aromatic carbocycles. The Labute approximate surface area is 113 Å². The number of benzene rings is 1. The number of fused-ring (bicyclic) bond motifs is 1. The first kappa shape index (κ1) is 12.7. The molecule has 1 aromatic heterocycles. The fourth-order valence-electron chi connectivity index (χ4n) is 1.97. The zero-order valence-electron chi connectivity index (χ0n) is 10.4. The molecular formula is C14H11FO5. The Morgan fingerprint density at radius 1 is 1.40 bits per heavy atom. The minimum atomic E-state index is -0.538. The Balaban J connectivity index is 1.77. The van der Waals surface area contributed by atoms with Crippen molar-refractivity contribution in [1.29, 1.82) is 0 Å². The summed E-state index contributed by atoms with van der Waals surface area (Å²) in [6.45, 7) is 0.293. The van der Waals surface area contributed by atoms with Gasteiger partial charge in [-0.2, -0.15) is 0 Å². The Hall–Kier alpha value is -2.34. The molecule has 0 bridgehead atoms. The maximum atomic E-state index is 13.5. The van der Waals surface area contributed by atoms with Gasteiger partial charge >= 0.3 is 5.97 Å². The Morgan fingerprint density at radius 3 is 3.10 bits per heavy atom. The van der Waals surface area contributed by atoms with Crippen LogP contribution >= 0.6 is 0 Å². The highest BCUT2D eigenvalue weighted by Gasteiger charge is 2.18. The van der Waals surface area contributed by atoms with Crippen molar-refractivity contribution in [2.24, 2.45) is 0 Å². The van der Waals surface area contributed by atoms with Gasteiger partial charge in [0.15, 0.2) is 6.79 Å². The van der Waals surface area contributed by atoms with Gasteiger partial charge in [-0.25, -0.2) is 9.18 Å². The molecule has 2 heterocycles. The van der Waals surface area contributed by atoms with Crippen LogP contribution in [0.4, 0.5) is 4.39 Å². The van der Waals surface area contributed by atoms with Crippen molar-refractivity contribution in [3.8, 4) is 5.75 Å². The van der Waals surface area contributed by atoms with E-state index < -0.39 is 11.8 Å². The molecule has 0 spiro atoms. The quantitative estimate of drug-likeness (QED) is 0.808. The van der Waals surface area contributed by atoms with Crippen molar-refractivity contribution >= 4 is 5.97 Å². The summed E-state index contributed by atoms with van der Waals surface area (Å²) in [5.41, 5.74) is 1.38. The molecule has 20 heavy (non-hydrogen) atoms. The average molecular weight is 278 g/mol. The summed E-state index contributed by atoms with van der Waals surface area (Å²) < 4.78 is 33.8. The van der Waals surface area contributed by atoms with E-state index >= 15 is 0 Å². The van der Waals surface area contributed by atoms with Crippen LogP contribution in [0.15, 0.2) is 35.1 Å². The van der Waals surface area contributed by atoms with Crippen LogP contribution < -0.4 is 4.74 Å². The molecule has 0 amide bonds. The number of hydrogen-bond acceptors (Lipinski definition) is 5. The number of rotatable bonds is 3. The molecule has 0 radical (unpaired) electrons. The molecular weight excluding hydrogens is 267 g/mol. The maximum Gasteiger partial charge on any atom is 0.341 e. The summed E-state index contributed by atoms with van der Waals surface area (Å²) in [6.07, 6.45) is 2.66. The standard InChI is InChI=1S/C14H11FO5/c15-12-3-10-6-18-8-20-13(10)11(4-12)7-19-14(16)9-1-2-17-5-9/h1-5H,6-8H2. The van der Waals surface area contributed by atoms with Crippen molar-refractivity contribution < 1.29 is 27.8 Å². The number of ether oxygens (including phenoxy) is 3. The van der Waals surface area contributed by atoms with E-state index in [9.17, 15) is 9.18 Å². The van der Waals surface area contributed by atoms with E-state index in [1.807, 2.05) is 0 Å². The van der Waals surface area contributed by atoms with E-state index in [1.54, 1.807) is 0 Å². The minimum Gasteiger partial charge on any atom is -0.472 e. The molecule has 104 valence electrons. The molecule has 6 heteroatoms. The average Bonchev–Trinajstić information content (AvgIpc) is 2.98. The number of carbonyl (C=O) groups is 1. The van der Waals surface area contributed by atoms with E-state index in [-0.39, 0.29) is 20.0 Å². The van der Waals surface area contributed by atoms with Gasteiger partial charge in [-0.3, -0.25) is 0 Å². The lowest BCUT2D eigenvalue weighted by molar-refractivity contribution is -0.0182. The van der Waals surface area contributed by atoms with Gasteiger partial charge in [-0.05, 0) is 18.2 Å². The second kappa shape index (κ2) is 5.34. The minimum absolute atomic E-state index is 0.0793. The van der Waals surface area contributed by atoms with Gasteiger partial charge in [0, 0.05) is 11.1 Å². The summed E-state index contributed by atoms with van der Waals surface area (Å²) in [5.74, 6) is -0.450. The molecule has 0 saturated carbocycles. The van der Waals surface area contributed by atoms with Crippen molar-refractivity contribution in [1.82, 2.24) is 0 Å². The first-order valence-electron chi connectivity index (χ1n) is 5.95. The van der Waals surface area contributed by atoms with Gasteiger partial charge in [0.1, 0.15) is 24.4 Å². The maximum absolute atomic E-state index is 13.5. The highest BCUT2D eigenvalue weighted by Crippen LogP contribution is 2.30. The molecule has 0 saturated heterocycles. The molecule has 2 aromatic rings. The van der Waals surface area contributed by atoms with Crippen LogP contribution in [-0.4, -0.2) is 12.8 Å². The molecule has 3 rings (SSSR count). The van der Waals surface area contributed by atoms with E-state index in [4.69, 9.17) is 18.6 Å². The van der Waals surface area contributed by atoms with Gasteiger partial charge in [0.05, 0.1) is 18.4 Å². The summed E-state index contributed by atoms with van der Waals surface area (Å²) in [7, 11) is 0. The van der Waals surface area contributed by atoms with Crippen molar-refractivity contribution in [3.05, 3.63) is 53.2 Å². The predicted octanol–water partition coefficient (Wildman–Crippen LogP) is 2.64. The predicted molar refractivity (Wildman–Crippen MR) is 64.5 cm³/mol. The summed E-state index contributed by atoms with van der Waals surface area (Å²) in [5, 5.41) is 0. The molecule has 0 atom stereocenters. The highest BCUT2D eigenvalue weighted by molar-refractivity contribution is 5.88. The summed E-state index contributed by atoms with van der Waals surface area (Å²) in [6, 6.07) is 4.12. The van der Waals surface area contributed by atoms with Gasteiger partial charge in [-0.15, -0.1) is 0 Å². The third-order valence-electron chi connectivity index (χ3n) is 2.87. The summed E-state index contributed by atoms with van der Waals surface area (Å²) in [4.78, 5) is 11.7. The molecule has 0 aliphatic carbocycles. The van der Waals surface area contributed by atoms with Crippen LogP contribution in [0.3, 0.4) is 0 Å². The smallest absolute Gasteiger partial charge is 0.341 e. The van der Waals surface area contributed by atoms with Crippen molar-refractivity contribution in [2.45, 2.75) is 13.2 Å². The third kappa shape index (κ3) is 2.50. The van der Waals surface area contributed by atoms with Crippen LogP contribution in [0.5, 0.6) is 5.75 Å². The molecule has 0 fully saturated rings. The highest BCUT2D eigenvalue weighted by atomic mass is 19.1. The van der Waals surface area contributed by atoms with Gasteiger partial charge < -0.3 is 18.6 Å². The monoisotopic (exact) mass is 278 g/mol. The SMILES string of the molecule is O=C(OCc1cc(F)cc2c1OCOC2)c1ccoc1. The number of halogens is 1. The normalized spacial score (nSPS) is 13.4. The fourth-order valence-corrected chi connectivity index (χ4v) is 1.97. The lowest BCUT2D eigenvalue weighted by atomic mass is 10.1. The molecule has 5 nitrogen and oxygen atoms in total. The third-order valence-corrected chi connectivity index (χ3v) is 2.87. The van der Waals surface area contributed by atoms with E-state index in [2.05, 4.69) is 0 Å². The van der Waals surface area contributed by atoms with Crippen LogP contribution in [0.25, 0.3) is 0 Å². The molecule has 1 aliphatic rings. The number of esters is 1. The second-order valence-corrected chi connectivity index (χ2v) is 4.25. The number of hydrogen-bond donors (Lipinski definition) is 0. The largest absolute Gasteiger partial charge is 0.472 e. The van der Waals surface area contributed by atoms with Crippen LogP contribution in [-0.2, 0) is 22.7 Å². The number of carbonyl (C=O) groups excluding carboxylic acids is 1. The molecule has 0 unspecified atom stereocenters. The van der Waals surface area contributed by atoms with Gasteiger partial charge in [-0.1, -0.05) is 0 Å². The van der Waals surface area contributed by atoms with E-state index in [1.165, 1.54) is 30.7 Å². The molecule has 0 N–H and O–H groups in total. The first-order valence-corrected chi connectivity index (χ1v) is 5.95. The zero-order valence-corrected chi connectivity index (χ0v) is 10.4. The second-order valence-electron chi connectivity index (χ2n) is 4.25. The fraction of sp³-hybridized carbons (Fsp3) is 0.214. The van der Waals surface area contributed by atoms with E-state index in [0.717, 1.165) is 0 Å². The molecule has 1 aliphatic heterocycles.